The molecule has 2 heterocycles. The molecule has 0 aliphatic carbocycles. The van der Waals surface area contributed by atoms with E-state index in [0.29, 0.717) is 13.1 Å². The number of nitrogens with zero attached hydrogens (tertiary/aromatic N) is 3. The van der Waals surface area contributed by atoms with Crippen molar-refractivity contribution in [3.63, 3.8) is 0 Å². The van der Waals surface area contributed by atoms with E-state index in [1.54, 1.807) is 12.5 Å². The van der Waals surface area contributed by atoms with Gasteiger partial charge in [-0.2, -0.15) is 0 Å². The van der Waals surface area contributed by atoms with Gasteiger partial charge in [0.1, 0.15) is 5.82 Å². The molecule has 6 nitrogen and oxygen atoms in total. The topological polar surface area (TPSA) is 65.5 Å². The summed E-state index contributed by atoms with van der Waals surface area (Å²) in [6.45, 7) is 5.66. The van der Waals surface area contributed by atoms with E-state index in [9.17, 15) is 9.00 Å². The van der Waals surface area contributed by atoms with Crippen molar-refractivity contribution >= 4 is 22.6 Å². The number of amides is 2. The molecule has 1 fully saturated rings. The van der Waals surface area contributed by atoms with Crippen LogP contribution in [0, 0.1) is 0 Å². The van der Waals surface area contributed by atoms with Gasteiger partial charge in [0, 0.05) is 61.2 Å². The predicted molar refractivity (Wildman–Crippen MR) is 94.2 cm³/mol. The summed E-state index contributed by atoms with van der Waals surface area (Å²) < 4.78 is 11.3. The van der Waals surface area contributed by atoms with Crippen LogP contribution < -0.4 is 10.2 Å². The molecule has 1 aliphatic rings. The third kappa shape index (κ3) is 5.49. The molecule has 1 aliphatic heterocycles. The van der Waals surface area contributed by atoms with Gasteiger partial charge in [-0.05, 0) is 25.0 Å². The maximum absolute atomic E-state index is 12.3. The number of hydrogen-bond acceptors (Lipinski definition) is 4. The van der Waals surface area contributed by atoms with Crippen molar-refractivity contribution in [3.8, 4) is 0 Å². The standard InChI is InChI=1S/C16H26N4O2S/c1-14(23(2)22)7-9-18-16(21)20-11-5-10-19(12-13-20)15-6-3-4-8-17-15/h3-4,6,8,14H,5,7,9-13H2,1-2H3,(H,18,21)/t14-,23-/m0/s1. The van der Waals surface area contributed by atoms with Crippen molar-refractivity contribution in [1.82, 2.24) is 15.2 Å². The van der Waals surface area contributed by atoms with Gasteiger partial charge < -0.3 is 15.1 Å². The Morgan fingerprint density at radius 1 is 1.35 bits per heavy atom. The summed E-state index contributed by atoms with van der Waals surface area (Å²) in [6.07, 6.45) is 5.17. The van der Waals surface area contributed by atoms with E-state index >= 15 is 0 Å². The Bertz CT molecular complexity index is 526. The molecule has 0 saturated carbocycles. The minimum atomic E-state index is -0.837. The molecule has 0 spiro atoms. The molecule has 23 heavy (non-hydrogen) atoms. The summed E-state index contributed by atoms with van der Waals surface area (Å²) >= 11 is 0. The average molecular weight is 338 g/mol. The number of pyridine rings is 1. The van der Waals surface area contributed by atoms with E-state index in [0.717, 1.165) is 38.3 Å². The molecule has 1 saturated heterocycles. The number of carbonyl (C=O) groups excluding carboxylic acids is 1. The van der Waals surface area contributed by atoms with Gasteiger partial charge >= 0.3 is 6.03 Å². The molecule has 1 aromatic heterocycles. The first-order valence-corrected chi connectivity index (χ1v) is 9.71. The molecule has 1 aromatic rings. The second kappa shape index (κ2) is 8.86. The molecule has 1 N–H and O–H groups in total. The molecule has 0 radical (unpaired) electrons. The van der Waals surface area contributed by atoms with Gasteiger partial charge in [-0.15, -0.1) is 0 Å². The molecule has 2 rings (SSSR count). The molecule has 0 aromatic carbocycles. The molecule has 128 valence electrons. The SMILES string of the molecule is C[C@@H](CCNC(=O)N1CCCN(c2ccccn2)CC1)[S@](C)=O. The fourth-order valence-electron chi connectivity index (χ4n) is 2.55. The van der Waals surface area contributed by atoms with Crippen LogP contribution in [0.2, 0.25) is 0 Å². The van der Waals surface area contributed by atoms with E-state index in [4.69, 9.17) is 0 Å². The highest BCUT2D eigenvalue weighted by atomic mass is 32.2. The summed E-state index contributed by atoms with van der Waals surface area (Å²) in [4.78, 5) is 20.7. The highest BCUT2D eigenvalue weighted by Crippen LogP contribution is 2.12. The monoisotopic (exact) mass is 338 g/mol. The van der Waals surface area contributed by atoms with Gasteiger partial charge in [0.25, 0.3) is 0 Å². The lowest BCUT2D eigenvalue weighted by molar-refractivity contribution is 0.201. The second-order valence-electron chi connectivity index (χ2n) is 5.85. The number of hydrogen-bond donors (Lipinski definition) is 1. The van der Waals surface area contributed by atoms with Crippen molar-refractivity contribution in [1.29, 1.82) is 0 Å². The zero-order valence-electron chi connectivity index (χ0n) is 13.9. The third-order valence-corrected chi connectivity index (χ3v) is 5.52. The van der Waals surface area contributed by atoms with Crippen LogP contribution in [0.1, 0.15) is 19.8 Å². The van der Waals surface area contributed by atoms with Crippen molar-refractivity contribution in [2.75, 3.05) is 43.9 Å². The Labute approximate surface area is 140 Å². The molecule has 0 unspecified atom stereocenters. The Kier molecular flexibility index (Phi) is 6.83. The Morgan fingerprint density at radius 3 is 2.87 bits per heavy atom. The first-order chi connectivity index (χ1) is 11.1. The number of urea groups is 1. The summed E-state index contributed by atoms with van der Waals surface area (Å²) in [5.41, 5.74) is 0. The lowest BCUT2D eigenvalue weighted by Gasteiger charge is -2.23. The molecule has 7 heteroatoms. The van der Waals surface area contributed by atoms with Crippen LogP contribution in [0.15, 0.2) is 24.4 Å². The van der Waals surface area contributed by atoms with Gasteiger partial charge in [0.2, 0.25) is 0 Å². The molecular formula is C16H26N4O2S. The summed E-state index contributed by atoms with van der Waals surface area (Å²) in [5.74, 6) is 0.967. The number of carbonyl (C=O) groups is 1. The van der Waals surface area contributed by atoms with Crippen LogP contribution in [-0.2, 0) is 10.8 Å². The van der Waals surface area contributed by atoms with Crippen LogP contribution in [0.25, 0.3) is 0 Å². The van der Waals surface area contributed by atoms with Gasteiger partial charge in [-0.25, -0.2) is 9.78 Å². The number of rotatable bonds is 5. The minimum Gasteiger partial charge on any atom is -0.355 e. The Hall–Kier alpha value is -1.63. The van der Waals surface area contributed by atoms with Crippen LogP contribution in [0.3, 0.4) is 0 Å². The number of nitrogens with one attached hydrogen (secondary N) is 1. The molecule has 2 amide bonds. The van der Waals surface area contributed by atoms with Crippen molar-refractivity contribution in [2.45, 2.75) is 25.0 Å². The summed E-state index contributed by atoms with van der Waals surface area (Å²) in [7, 11) is -0.837. The smallest absolute Gasteiger partial charge is 0.317 e. The first kappa shape index (κ1) is 17.7. The maximum atomic E-state index is 12.3. The second-order valence-corrected chi connectivity index (χ2v) is 7.65. The minimum absolute atomic E-state index is 0.0260. The quantitative estimate of drug-likeness (QED) is 0.883. The van der Waals surface area contributed by atoms with Crippen LogP contribution in [-0.4, -0.2) is 64.4 Å². The average Bonchev–Trinajstić information content (AvgIpc) is 2.81. The van der Waals surface area contributed by atoms with Crippen LogP contribution in [0.5, 0.6) is 0 Å². The van der Waals surface area contributed by atoms with Gasteiger partial charge in [0.15, 0.2) is 0 Å². The van der Waals surface area contributed by atoms with Gasteiger partial charge in [0.05, 0.1) is 0 Å². The van der Waals surface area contributed by atoms with E-state index < -0.39 is 10.8 Å². The van der Waals surface area contributed by atoms with Crippen LogP contribution >= 0.6 is 0 Å². The number of aromatic nitrogens is 1. The van der Waals surface area contributed by atoms with Crippen LogP contribution in [0.4, 0.5) is 10.6 Å². The van der Waals surface area contributed by atoms with Crippen molar-refractivity contribution in [2.24, 2.45) is 0 Å². The van der Waals surface area contributed by atoms with E-state index in [1.165, 1.54) is 0 Å². The van der Waals surface area contributed by atoms with Gasteiger partial charge in [-0.1, -0.05) is 13.0 Å². The van der Waals surface area contributed by atoms with Gasteiger partial charge in [-0.3, -0.25) is 4.21 Å². The van der Waals surface area contributed by atoms with Crippen molar-refractivity contribution < 1.29 is 9.00 Å². The summed E-state index contributed by atoms with van der Waals surface area (Å²) in [6, 6.07) is 5.87. The highest BCUT2D eigenvalue weighted by Gasteiger charge is 2.19. The zero-order valence-corrected chi connectivity index (χ0v) is 14.7. The largest absolute Gasteiger partial charge is 0.355 e. The predicted octanol–water partition coefficient (Wildman–Crippen LogP) is 1.46. The Morgan fingerprint density at radius 2 is 2.17 bits per heavy atom. The third-order valence-electron chi connectivity index (χ3n) is 4.15. The van der Waals surface area contributed by atoms with Crippen molar-refractivity contribution in [3.05, 3.63) is 24.4 Å². The fraction of sp³-hybridized carbons (Fsp3) is 0.625. The molecular weight excluding hydrogens is 312 g/mol. The molecule has 2 atom stereocenters. The zero-order chi connectivity index (χ0) is 16.7. The fourth-order valence-corrected chi connectivity index (χ4v) is 3.00. The Balaban J connectivity index is 1.78. The van der Waals surface area contributed by atoms with E-state index in [2.05, 4.69) is 15.2 Å². The highest BCUT2D eigenvalue weighted by molar-refractivity contribution is 7.84. The lowest BCUT2D eigenvalue weighted by Crippen LogP contribution is -2.42. The van der Waals surface area contributed by atoms with E-state index in [-0.39, 0.29) is 11.3 Å². The maximum Gasteiger partial charge on any atom is 0.317 e. The molecule has 0 bridgehead atoms. The number of anilines is 1. The van der Waals surface area contributed by atoms with E-state index in [1.807, 2.05) is 30.0 Å². The lowest BCUT2D eigenvalue weighted by atomic mass is 10.3. The first-order valence-electron chi connectivity index (χ1n) is 8.09. The summed E-state index contributed by atoms with van der Waals surface area (Å²) in [5, 5.41) is 3.05. The normalized spacial score (nSPS) is 18.2.